The highest BCUT2D eigenvalue weighted by Crippen LogP contribution is 2.36. The quantitative estimate of drug-likeness (QED) is 0.762. The van der Waals surface area contributed by atoms with Crippen LogP contribution in [0.3, 0.4) is 0 Å². The highest BCUT2D eigenvalue weighted by Gasteiger charge is 2.32. The lowest BCUT2D eigenvalue weighted by Gasteiger charge is -2.08. The predicted octanol–water partition coefficient (Wildman–Crippen LogP) is 1.96. The molecule has 0 aromatic heterocycles. The van der Waals surface area contributed by atoms with Gasteiger partial charge < -0.3 is 11.1 Å². The summed E-state index contributed by atoms with van der Waals surface area (Å²) in [4.78, 5) is 11.9. The van der Waals surface area contributed by atoms with E-state index < -0.39 is 0 Å². The van der Waals surface area contributed by atoms with Crippen molar-refractivity contribution in [1.82, 2.24) is 5.32 Å². The van der Waals surface area contributed by atoms with Gasteiger partial charge in [0.1, 0.15) is 0 Å². The molecule has 0 heterocycles. The van der Waals surface area contributed by atoms with Gasteiger partial charge in [0.05, 0.1) is 0 Å². The molecule has 1 fully saturated rings. The summed E-state index contributed by atoms with van der Waals surface area (Å²) in [7, 11) is 0. The SMILES string of the molecule is Cc1ccc(N)cc1C(=O)NCC1CC1C. The van der Waals surface area contributed by atoms with E-state index in [1.54, 1.807) is 6.07 Å². The van der Waals surface area contributed by atoms with Crippen LogP contribution in [0.5, 0.6) is 0 Å². The van der Waals surface area contributed by atoms with Crippen LogP contribution < -0.4 is 11.1 Å². The summed E-state index contributed by atoms with van der Waals surface area (Å²) in [6.07, 6.45) is 1.23. The Bertz CT molecular complexity index is 414. The van der Waals surface area contributed by atoms with Crippen LogP contribution >= 0.6 is 0 Å². The smallest absolute Gasteiger partial charge is 0.251 e. The van der Waals surface area contributed by atoms with Crippen molar-refractivity contribution in [2.45, 2.75) is 20.3 Å². The number of hydrogen-bond donors (Lipinski definition) is 2. The lowest BCUT2D eigenvalue weighted by molar-refractivity contribution is 0.0951. The molecule has 0 spiro atoms. The first-order valence-electron chi connectivity index (χ1n) is 5.72. The topological polar surface area (TPSA) is 55.1 Å². The van der Waals surface area contributed by atoms with E-state index in [1.165, 1.54) is 6.42 Å². The van der Waals surface area contributed by atoms with Gasteiger partial charge in [0.15, 0.2) is 0 Å². The Balaban J connectivity index is 1.99. The van der Waals surface area contributed by atoms with Crippen molar-refractivity contribution >= 4 is 11.6 Å². The second-order valence-electron chi connectivity index (χ2n) is 4.76. The Hall–Kier alpha value is -1.51. The molecular weight excluding hydrogens is 200 g/mol. The van der Waals surface area contributed by atoms with Crippen LogP contribution in [0.1, 0.15) is 29.3 Å². The van der Waals surface area contributed by atoms with E-state index in [2.05, 4.69) is 12.2 Å². The van der Waals surface area contributed by atoms with Gasteiger partial charge in [0, 0.05) is 17.8 Å². The molecule has 16 heavy (non-hydrogen) atoms. The number of hydrogen-bond acceptors (Lipinski definition) is 2. The zero-order chi connectivity index (χ0) is 11.7. The lowest BCUT2D eigenvalue weighted by Crippen LogP contribution is -2.26. The molecule has 1 aromatic carbocycles. The van der Waals surface area contributed by atoms with Crippen LogP contribution in [-0.2, 0) is 0 Å². The number of benzene rings is 1. The van der Waals surface area contributed by atoms with Crippen LogP contribution in [0.4, 0.5) is 5.69 Å². The van der Waals surface area contributed by atoms with E-state index in [9.17, 15) is 4.79 Å². The molecule has 0 bridgehead atoms. The van der Waals surface area contributed by atoms with Crippen LogP contribution in [0.2, 0.25) is 0 Å². The average molecular weight is 218 g/mol. The number of nitrogens with two attached hydrogens (primary N) is 1. The van der Waals surface area contributed by atoms with E-state index in [0.717, 1.165) is 18.0 Å². The number of carbonyl (C=O) groups excluding carboxylic acids is 1. The van der Waals surface area contributed by atoms with Crippen LogP contribution in [0.25, 0.3) is 0 Å². The number of carbonyl (C=O) groups is 1. The van der Waals surface area contributed by atoms with Crippen LogP contribution in [-0.4, -0.2) is 12.5 Å². The fourth-order valence-corrected chi connectivity index (χ4v) is 1.89. The standard InChI is InChI=1S/C13H18N2O/c1-8-3-4-11(14)6-12(8)13(16)15-7-10-5-9(10)2/h3-4,6,9-10H,5,7,14H2,1-2H3,(H,15,16). The molecule has 0 aliphatic heterocycles. The van der Waals surface area contributed by atoms with Crippen molar-refractivity contribution in [2.24, 2.45) is 11.8 Å². The van der Waals surface area contributed by atoms with E-state index in [4.69, 9.17) is 5.73 Å². The van der Waals surface area contributed by atoms with Crippen molar-refractivity contribution in [3.8, 4) is 0 Å². The maximum absolute atomic E-state index is 11.9. The van der Waals surface area contributed by atoms with Gasteiger partial charge in [-0.3, -0.25) is 4.79 Å². The van der Waals surface area contributed by atoms with Crippen molar-refractivity contribution in [1.29, 1.82) is 0 Å². The van der Waals surface area contributed by atoms with E-state index in [0.29, 0.717) is 17.2 Å². The maximum atomic E-state index is 11.9. The van der Waals surface area contributed by atoms with Gasteiger partial charge in [-0.2, -0.15) is 0 Å². The Labute approximate surface area is 96.0 Å². The van der Waals surface area contributed by atoms with Crippen molar-refractivity contribution in [3.63, 3.8) is 0 Å². The molecule has 1 aromatic rings. The minimum Gasteiger partial charge on any atom is -0.399 e. The third kappa shape index (κ3) is 2.35. The minimum atomic E-state index is -0.0103. The Kier molecular flexibility index (Phi) is 2.86. The number of aryl methyl sites for hydroxylation is 1. The second-order valence-corrected chi connectivity index (χ2v) is 4.76. The van der Waals surface area contributed by atoms with E-state index in [1.807, 2.05) is 19.1 Å². The molecule has 0 saturated heterocycles. The number of amides is 1. The predicted molar refractivity (Wildman–Crippen MR) is 65.2 cm³/mol. The highest BCUT2D eigenvalue weighted by molar-refractivity contribution is 5.96. The second kappa shape index (κ2) is 4.16. The Morgan fingerprint density at radius 1 is 1.56 bits per heavy atom. The minimum absolute atomic E-state index is 0.0103. The maximum Gasteiger partial charge on any atom is 0.251 e. The number of rotatable bonds is 3. The first kappa shape index (κ1) is 11.0. The molecule has 1 amide bonds. The summed E-state index contributed by atoms with van der Waals surface area (Å²) >= 11 is 0. The normalized spacial score (nSPS) is 22.9. The van der Waals surface area contributed by atoms with Gasteiger partial charge in [0.2, 0.25) is 0 Å². The molecule has 86 valence electrons. The van der Waals surface area contributed by atoms with Gasteiger partial charge in [-0.1, -0.05) is 13.0 Å². The Morgan fingerprint density at radius 2 is 2.25 bits per heavy atom. The van der Waals surface area contributed by atoms with Crippen LogP contribution in [0, 0.1) is 18.8 Å². The summed E-state index contributed by atoms with van der Waals surface area (Å²) in [5.74, 6) is 1.43. The first-order valence-corrected chi connectivity index (χ1v) is 5.72. The third-order valence-corrected chi connectivity index (χ3v) is 3.31. The summed E-state index contributed by atoms with van der Waals surface area (Å²) < 4.78 is 0. The number of nitrogen functional groups attached to an aromatic ring is 1. The summed E-state index contributed by atoms with van der Waals surface area (Å²) in [6, 6.07) is 5.43. The molecule has 2 atom stereocenters. The molecule has 2 unspecified atom stereocenters. The number of anilines is 1. The van der Waals surface area contributed by atoms with Gasteiger partial charge in [-0.05, 0) is 42.9 Å². The summed E-state index contributed by atoms with van der Waals surface area (Å²) in [6.45, 7) is 4.92. The van der Waals surface area contributed by atoms with Gasteiger partial charge >= 0.3 is 0 Å². The van der Waals surface area contributed by atoms with Crippen molar-refractivity contribution < 1.29 is 4.79 Å². The fourth-order valence-electron chi connectivity index (χ4n) is 1.89. The fraction of sp³-hybridized carbons (Fsp3) is 0.462. The molecule has 0 radical (unpaired) electrons. The van der Waals surface area contributed by atoms with E-state index >= 15 is 0 Å². The average Bonchev–Trinajstić information content (AvgIpc) is 2.95. The monoisotopic (exact) mass is 218 g/mol. The zero-order valence-electron chi connectivity index (χ0n) is 9.79. The lowest BCUT2D eigenvalue weighted by atomic mass is 10.1. The summed E-state index contributed by atoms with van der Waals surface area (Å²) in [5.41, 5.74) is 7.97. The Morgan fingerprint density at radius 3 is 2.88 bits per heavy atom. The van der Waals surface area contributed by atoms with Crippen molar-refractivity contribution in [2.75, 3.05) is 12.3 Å². The largest absolute Gasteiger partial charge is 0.399 e. The molecule has 3 N–H and O–H groups in total. The van der Waals surface area contributed by atoms with Gasteiger partial charge in [-0.25, -0.2) is 0 Å². The molecule has 3 nitrogen and oxygen atoms in total. The van der Waals surface area contributed by atoms with Gasteiger partial charge in [-0.15, -0.1) is 0 Å². The molecule has 3 heteroatoms. The highest BCUT2D eigenvalue weighted by atomic mass is 16.1. The van der Waals surface area contributed by atoms with Crippen LogP contribution in [0.15, 0.2) is 18.2 Å². The molecule has 1 aliphatic carbocycles. The summed E-state index contributed by atoms with van der Waals surface area (Å²) in [5, 5.41) is 2.96. The first-order chi connectivity index (χ1) is 7.58. The number of nitrogens with one attached hydrogen (secondary N) is 1. The van der Waals surface area contributed by atoms with E-state index in [-0.39, 0.29) is 5.91 Å². The van der Waals surface area contributed by atoms with Gasteiger partial charge in [0.25, 0.3) is 5.91 Å². The van der Waals surface area contributed by atoms with Crippen molar-refractivity contribution in [3.05, 3.63) is 29.3 Å². The molecule has 1 saturated carbocycles. The third-order valence-electron chi connectivity index (χ3n) is 3.31. The molecule has 2 rings (SSSR count). The molecule has 1 aliphatic rings. The molecular formula is C13H18N2O. The zero-order valence-corrected chi connectivity index (χ0v) is 9.79.